The molecule has 0 spiro atoms. The molecule has 1 aliphatic rings. The normalized spacial score (nSPS) is 16.1. The fourth-order valence-corrected chi connectivity index (χ4v) is 3.69. The molecule has 0 amide bonds. The van der Waals surface area contributed by atoms with Crippen LogP contribution in [0.2, 0.25) is 0 Å². The van der Waals surface area contributed by atoms with E-state index in [1.807, 2.05) is 0 Å². The highest BCUT2D eigenvalue weighted by Gasteiger charge is 2.28. The zero-order chi connectivity index (χ0) is 16.6. The Labute approximate surface area is 132 Å². The standard InChI is InChI=1S/C15H16F2N2O3S/c16-8-12-14(15(19-22-12)9-3-1-2-4-9)10-5-6-13(11(17)7-10)23(18,20)21/h5-7,9H,1-4,8H2,(H2,18,20,21). The van der Waals surface area contributed by atoms with Crippen molar-refractivity contribution in [1.29, 1.82) is 0 Å². The highest BCUT2D eigenvalue weighted by molar-refractivity contribution is 7.89. The third-order valence-corrected chi connectivity index (χ3v) is 5.12. The molecule has 0 radical (unpaired) electrons. The van der Waals surface area contributed by atoms with Gasteiger partial charge in [0.15, 0.2) is 12.4 Å². The van der Waals surface area contributed by atoms with E-state index < -0.39 is 27.4 Å². The molecule has 0 atom stereocenters. The second kappa shape index (κ2) is 6.01. The van der Waals surface area contributed by atoms with Crippen molar-refractivity contribution in [3.05, 3.63) is 35.5 Å². The summed E-state index contributed by atoms with van der Waals surface area (Å²) in [6.45, 7) is -0.867. The lowest BCUT2D eigenvalue weighted by Crippen LogP contribution is -2.14. The summed E-state index contributed by atoms with van der Waals surface area (Å²) in [6, 6.07) is 3.50. The molecule has 124 valence electrons. The van der Waals surface area contributed by atoms with Gasteiger partial charge >= 0.3 is 0 Å². The average molecular weight is 342 g/mol. The molecule has 0 bridgehead atoms. The molecule has 2 aromatic rings. The van der Waals surface area contributed by atoms with Crippen LogP contribution >= 0.6 is 0 Å². The van der Waals surface area contributed by atoms with E-state index in [-0.39, 0.29) is 11.7 Å². The molecule has 3 rings (SSSR count). The van der Waals surface area contributed by atoms with E-state index in [1.54, 1.807) is 0 Å². The van der Waals surface area contributed by atoms with Gasteiger partial charge in [-0.15, -0.1) is 0 Å². The summed E-state index contributed by atoms with van der Waals surface area (Å²) >= 11 is 0. The highest BCUT2D eigenvalue weighted by atomic mass is 32.2. The van der Waals surface area contributed by atoms with E-state index in [0.29, 0.717) is 16.8 Å². The molecule has 1 aromatic carbocycles. The predicted octanol–water partition coefficient (Wildman–Crippen LogP) is 3.26. The van der Waals surface area contributed by atoms with Gasteiger partial charge in [-0.1, -0.05) is 24.1 Å². The summed E-state index contributed by atoms with van der Waals surface area (Å²) in [6.07, 6.45) is 3.95. The number of hydrogen-bond acceptors (Lipinski definition) is 4. The van der Waals surface area contributed by atoms with Gasteiger partial charge in [0.1, 0.15) is 10.7 Å². The van der Waals surface area contributed by atoms with Crippen LogP contribution in [-0.2, 0) is 16.7 Å². The molecular weight excluding hydrogens is 326 g/mol. The van der Waals surface area contributed by atoms with Crippen LogP contribution in [0.25, 0.3) is 11.1 Å². The van der Waals surface area contributed by atoms with Gasteiger partial charge in [0.05, 0.1) is 11.3 Å². The Balaban J connectivity index is 2.11. The van der Waals surface area contributed by atoms with Crippen LogP contribution in [0.5, 0.6) is 0 Å². The van der Waals surface area contributed by atoms with Gasteiger partial charge < -0.3 is 4.52 Å². The number of nitrogens with zero attached hydrogens (tertiary/aromatic N) is 1. The van der Waals surface area contributed by atoms with Crippen LogP contribution in [-0.4, -0.2) is 13.6 Å². The van der Waals surface area contributed by atoms with E-state index in [0.717, 1.165) is 37.8 Å². The molecule has 1 aromatic heterocycles. The molecule has 5 nitrogen and oxygen atoms in total. The third kappa shape index (κ3) is 3.00. The zero-order valence-electron chi connectivity index (χ0n) is 12.3. The molecule has 0 saturated heterocycles. The van der Waals surface area contributed by atoms with Crippen LogP contribution in [0.15, 0.2) is 27.6 Å². The summed E-state index contributed by atoms with van der Waals surface area (Å²) < 4.78 is 54.9. The van der Waals surface area contributed by atoms with Crippen LogP contribution in [0.3, 0.4) is 0 Å². The summed E-state index contributed by atoms with van der Waals surface area (Å²) in [5.74, 6) is -0.807. The zero-order valence-corrected chi connectivity index (χ0v) is 13.1. The first-order chi connectivity index (χ1) is 10.9. The molecule has 8 heteroatoms. The monoisotopic (exact) mass is 342 g/mol. The van der Waals surface area contributed by atoms with Gasteiger partial charge in [-0.2, -0.15) is 0 Å². The third-order valence-electron chi connectivity index (χ3n) is 4.18. The average Bonchev–Trinajstić information content (AvgIpc) is 3.14. The predicted molar refractivity (Wildman–Crippen MR) is 79.3 cm³/mol. The Hall–Kier alpha value is -1.80. The van der Waals surface area contributed by atoms with Crippen LogP contribution in [0.1, 0.15) is 43.1 Å². The Morgan fingerprint density at radius 2 is 2.00 bits per heavy atom. The minimum atomic E-state index is -4.15. The van der Waals surface area contributed by atoms with Crippen molar-refractivity contribution in [2.24, 2.45) is 5.14 Å². The quantitative estimate of drug-likeness (QED) is 0.924. The lowest BCUT2D eigenvalue weighted by molar-refractivity contribution is 0.325. The number of benzene rings is 1. The molecule has 0 aliphatic heterocycles. The molecular formula is C15H16F2N2O3S. The number of sulfonamides is 1. The van der Waals surface area contributed by atoms with Crippen molar-refractivity contribution < 1.29 is 21.7 Å². The van der Waals surface area contributed by atoms with Crippen molar-refractivity contribution in [1.82, 2.24) is 5.16 Å². The lowest BCUT2D eigenvalue weighted by atomic mass is 9.94. The van der Waals surface area contributed by atoms with Gasteiger partial charge in [0.25, 0.3) is 0 Å². The fourth-order valence-electron chi connectivity index (χ4n) is 3.10. The number of rotatable bonds is 4. The minimum Gasteiger partial charge on any atom is -0.358 e. The second-order valence-electron chi connectivity index (χ2n) is 5.67. The minimum absolute atomic E-state index is 0.0228. The molecule has 0 unspecified atom stereocenters. The summed E-state index contributed by atoms with van der Waals surface area (Å²) in [5, 5.41) is 8.92. The van der Waals surface area contributed by atoms with E-state index >= 15 is 0 Å². The van der Waals surface area contributed by atoms with Crippen molar-refractivity contribution >= 4 is 10.0 Å². The largest absolute Gasteiger partial charge is 0.358 e. The van der Waals surface area contributed by atoms with Gasteiger partial charge in [0.2, 0.25) is 10.0 Å². The topological polar surface area (TPSA) is 86.2 Å². The van der Waals surface area contributed by atoms with Crippen molar-refractivity contribution in [2.45, 2.75) is 43.2 Å². The SMILES string of the molecule is NS(=O)(=O)c1ccc(-c2c(C3CCCC3)noc2CF)cc1F. The van der Waals surface area contributed by atoms with Crippen molar-refractivity contribution in [3.8, 4) is 11.1 Å². The molecule has 1 aliphatic carbocycles. The number of aromatic nitrogens is 1. The first-order valence-electron chi connectivity index (χ1n) is 7.29. The van der Waals surface area contributed by atoms with Crippen LogP contribution < -0.4 is 5.14 Å². The smallest absolute Gasteiger partial charge is 0.240 e. The maximum Gasteiger partial charge on any atom is 0.240 e. The van der Waals surface area contributed by atoms with E-state index in [1.165, 1.54) is 6.07 Å². The van der Waals surface area contributed by atoms with Crippen molar-refractivity contribution in [2.75, 3.05) is 0 Å². The summed E-state index contributed by atoms with van der Waals surface area (Å²) in [4.78, 5) is -0.595. The summed E-state index contributed by atoms with van der Waals surface area (Å²) in [5.41, 5.74) is 1.36. The Morgan fingerprint density at radius 1 is 1.30 bits per heavy atom. The molecule has 1 heterocycles. The number of hydrogen-bond donors (Lipinski definition) is 1. The van der Waals surface area contributed by atoms with Gasteiger partial charge in [-0.3, -0.25) is 0 Å². The number of alkyl halides is 1. The second-order valence-corrected chi connectivity index (χ2v) is 7.20. The molecule has 2 N–H and O–H groups in total. The van der Waals surface area contributed by atoms with E-state index in [4.69, 9.17) is 9.66 Å². The van der Waals surface area contributed by atoms with Crippen molar-refractivity contribution in [3.63, 3.8) is 0 Å². The van der Waals surface area contributed by atoms with Crippen LogP contribution in [0.4, 0.5) is 8.78 Å². The molecule has 1 fully saturated rings. The number of primary sulfonamides is 1. The Morgan fingerprint density at radius 3 is 2.57 bits per heavy atom. The summed E-state index contributed by atoms with van der Waals surface area (Å²) in [7, 11) is -4.15. The molecule has 23 heavy (non-hydrogen) atoms. The van der Waals surface area contributed by atoms with Gasteiger partial charge in [-0.25, -0.2) is 22.3 Å². The highest BCUT2D eigenvalue weighted by Crippen LogP contribution is 2.40. The van der Waals surface area contributed by atoms with Gasteiger partial charge in [-0.05, 0) is 30.5 Å². The van der Waals surface area contributed by atoms with Gasteiger partial charge in [0, 0.05) is 5.92 Å². The van der Waals surface area contributed by atoms with E-state index in [9.17, 15) is 17.2 Å². The van der Waals surface area contributed by atoms with E-state index in [2.05, 4.69) is 5.16 Å². The number of halogens is 2. The maximum atomic E-state index is 14.1. The van der Waals surface area contributed by atoms with Crippen LogP contribution in [0, 0.1) is 5.82 Å². The fraction of sp³-hybridized carbons (Fsp3) is 0.400. The molecule has 1 saturated carbocycles. The first kappa shape index (κ1) is 16.1. The Bertz CT molecular complexity index is 827. The Kier molecular flexibility index (Phi) is 4.20. The maximum absolute atomic E-state index is 14.1. The first-order valence-corrected chi connectivity index (χ1v) is 8.83. The number of nitrogens with two attached hydrogens (primary N) is 1. The lowest BCUT2D eigenvalue weighted by Gasteiger charge is -2.09.